The first-order valence-electron chi connectivity index (χ1n) is 9.31. The van der Waals surface area contributed by atoms with Crippen LogP contribution < -0.4 is 4.74 Å². The van der Waals surface area contributed by atoms with E-state index in [1.165, 1.54) is 27.5 Å². The van der Waals surface area contributed by atoms with Gasteiger partial charge in [-0.25, -0.2) is 0 Å². The predicted octanol–water partition coefficient (Wildman–Crippen LogP) is 5.69. The molecule has 0 amide bonds. The zero-order valence-corrected chi connectivity index (χ0v) is 15.1. The zero-order chi connectivity index (χ0) is 17.8. The summed E-state index contributed by atoms with van der Waals surface area (Å²) >= 11 is 0. The molecule has 0 unspecified atom stereocenters. The molecule has 0 fully saturated rings. The van der Waals surface area contributed by atoms with Gasteiger partial charge in [-0.3, -0.25) is 4.99 Å². The normalized spacial score (nSPS) is 13.7. The summed E-state index contributed by atoms with van der Waals surface area (Å²) in [7, 11) is 0. The highest BCUT2D eigenvalue weighted by Gasteiger charge is 2.13. The van der Waals surface area contributed by atoms with Crippen LogP contribution >= 0.6 is 0 Å². The van der Waals surface area contributed by atoms with Crippen LogP contribution in [0.3, 0.4) is 0 Å². The second kappa shape index (κ2) is 7.57. The maximum atomic E-state index is 5.77. The molecule has 130 valence electrons. The van der Waals surface area contributed by atoms with Gasteiger partial charge in [0, 0.05) is 12.1 Å². The van der Waals surface area contributed by atoms with Gasteiger partial charge in [-0.05, 0) is 65.1 Å². The first-order chi connectivity index (χ1) is 12.8. The van der Waals surface area contributed by atoms with E-state index in [9.17, 15) is 0 Å². The van der Waals surface area contributed by atoms with E-state index < -0.39 is 0 Å². The standard InChI is InChI=1S/C24H23NO/c1-2-15-26-22-10-11-23-21(17-22)13-14-25-24(23)12-8-18-7-9-19-5-3-4-6-20(19)16-18/h3-12,16-17H,2,13-15H2,1H3. The molecular weight excluding hydrogens is 318 g/mol. The highest BCUT2D eigenvalue weighted by molar-refractivity contribution is 6.12. The Kier molecular flexibility index (Phi) is 4.83. The van der Waals surface area contributed by atoms with Gasteiger partial charge in [-0.2, -0.15) is 0 Å². The van der Waals surface area contributed by atoms with Gasteiger partial charge in [0.1, 0.15) is 5.75 Å². The topological polar surface area (TPSA) is 21.6 Å². The van der Waals surface area contributed by atoms with E-state index in [0.29, 0.717) is 0 Å². The molecule has 0 atom stereocenters. The first kappa shape index (κ1) is 16.6. The molecule has 0 radical (unpaired) electrons. The summed E-state index contributed by atoms with van der Waals surface area (Å²) in [5.74, 6) is 0.963. The van der Waals surface area contributed by atoms with E-state index >= 15 is 0 Å². The summed E-state index contributed by atoms with van der Waals surface area (Å²) < 4.78 is 5.77. The number of hydrogen-bond donors (Lipinski definition) is 0. The number of nitrogens with zero attached hydrogens (tertiary/aromatic N) is 1. The molecule has 0 bridgehead atoms. The Labute approximate surface area is 154 Å². The van der Waals surface area contributed by atoms with Crippen molar-refractivity contribution in [1.29, 1.82) is 0 Å². The maximum Gasteiger partial charge on any atom is 0.119 e. The molecular formula is C24H23NO. The van der Waals surface area contributed by atoms with Crippen LogP contribution in [-0.4, -0.2) is 18.9 Å². The van der Waals surface area contributed by atoms with E-state index in [2.05, 4.69) is 79.7 Å². The SMILES string of the molecule is CCCOc1ccc2c(c1)CCN=C2C=Cc1ccc2ccccc2c1. The van der Waals surface area contributed by atoms with Crippen LogP contribution in [0.15, 0.2) is 71.7 Å². The molecule has 4 rings (SSSR count). The van der Waals surface area contributed by atoms with Crippen molar-refractivity contribution >= 4 is 22.6 Å². The summed E-state index contributed by atoms with van der Waals surface area (Å²) in [4.78, 5) is 4.73. The molecule has 3 aromatic carbocycles. The molecule has 0 aliphatic carbocycles. The summed E-state index contributed by atoms with van der Waals surface area (Å²) in [6, 6.07) is 21.4. The van der Waals surface area contributed by atoms with E-state index in [4.69, 9.17) is 9.73 Å². The third kappa shape index (κ3) is 3.55. The molecule has 0 aromatic heterocycles. The Bertz CT molecular complexity index is 984. The fourth-order valence-electron chi connectivity index (χ4n) is 3.35. The minimum Gasteiger partial charge on any atom is -0.494 e. The van der Waals surface area contributed by atoms with Crippen LogP contribution in [0, 0.1) is 0 Å². The van der Waals surface area contributed by atoms with Gasteiger partial charge in [0.25, 0.3) is 0 Å². The quantitative estimate of drug-likeness (QED) is 0.584. The van der Waals surface area contributed by atoms with Crippen molar-refractivity contribution in [1.82, 2.24) is 0 Å². The van der Waals surface area contributed by atoms with Crippen LogP contribution in [0.25, 0.3) is 16.8 Å². The fraction of sp³-hybridized carbons (Fsp3) is 0.208. The van der Waals surface area contributed by atoms with Crippen molar-refractivity contribution in [2.75, 3.05) is 13.2 Å². The number of aliphatic imine (C=N–C) groups is 1. The second-order valence-electron chi connectivity index (χ2n) is 6.62. The number of ether oxygens (including phenoxy) is 1. The number of allylic oxidation sites excluding steroid dienone is 1. The summed E-state index contributed by atoms with van der Waals surface area (Å²) in [5.41, 5.74) is 4.80. The van der Waals surface area contributed by atoms with E-state index in [0.717, 1.165) is 37.5 Å². The first-order valence-corrected chi connectivity index (χ1v) is 9.31. The van der Waals surface area contributed by atoms with Gasteiger partial charge in [-0.15, -0.1) is 0 Å². The number of benzene rings is 3. The van der Waals surface area contributed by atoms with Crippen LogP contribution in [0.5, 0.6) is 5.75 Å². The zero-order valence-electron chi connectivity index (χ0n) is 15.1. The van der Waals surface area contributed by atoms with Gasteiger partial charge < -0.3 is 4.74 Å². The molecule has 26 heavy (non-hydrogen) atoms. The van der Waals surface area contributed by atoms with Crippen LogP contribution in [-0.2, 0) is 6.42 Å². The van der Waals surface area contributed by atoms with Crippen molar-refractivity contribution in [3.05, 3.63) is 83.4 Å². The third-order valence-corrected chi connectivity index (χ3v) is 4.70. The third-order valence-electron chi connectivity index (χ3n) is 4.70. The predicted molar refractivity (Wildman–Crippen MR) is 110 cm³/mol. The van der Waals surface area contributed by atoms with Crippen LogP contribution in [0.1, 0.15) is 30.0 Å². The van der Waals surface area contributed by atoms with Crippen LogP contribution in [0.2, 0.25) is 0 Å². The number of fused-ring (bicyclic) bond motifs is 2. The lowest BCUT2D eigenvalue weighted by molar-refractivity contribution is 0.317. The summed E-state index contributed by atoms with van der Waals surface area (Å²) in [5, 5.41) is 2.53. The lowest BCUT2D eigenvalue weighted by Crippen LogP contribution is -2.11. The Morgan fingerprint density at radius 1 is 0.962 bits per heavy atom. The second-order valence-corrected chi connectivity index (χ2v) is 6.62. The van der Waals surface area contributed by atoms with E-state index in [1.54, 1.807) is 0 Å². The van der Waals surface area contributed by atoms with Gasteiger partial charge in [0.05, 0.1) is 12.3 Å². The Balaban J connectivity index is 1.58. The molecule has 1 heterocycles. The Morgan fingerprint density at radius 2 is 1.85 bits per heavy atom. The smallest absolute Gasteiger partial charge is 0.119 e. The number of rotatable bonds is 5. The van der Waals surface area contributed by atoms with Crippen molar-refractivity contribution in [2.24, 2.45) is 4.99 Å². The molecule has 3 aromatic rings. The summed E-state index contributed by atoms with van der Waals surface area (Å²) in [6.45, 7) is 3.73. The van der Waals surface area contributed by atoms with Crippen molar-refractivity contribution in [3.8, 4) is 5.75 Å². The summed E-state index contributed by atoms with van der Waals surface area (Å²) in [6.07, 6.45) is 6.29. The van der Waals surface area contributed by atoms with Gasteiger partial charge in [0.2, 0.25) is 0 Å². The Hall–Kier alpha value is -2.87. The molecule has 0 saturated carbocycles. The highest BCUT2D eigenvalue weighted by Crippen LogP contribution is 2.24. The van der Waals surface area contributed by atoms with E-state index in [-0.39, 0.29) is 0 Å². The molecule has 0 saturated heterocycles. The minimum absolute atomic E-state index is 0.765. The number of hydrogen-bond acceptors (Lipinski definition) is 2. The fourth-order valence-corrected chi connectivity index (χ4v) is 3.35. The largest absolute Gasteiger partial charge is 0.494 e. The van der Waals surface area contributed by atoms with Gasteiger partial charge in [0.15, 0.2) is 0 Å². The van der Waals surface area contributed by atoms with Crippen LogP contribution in [0.4, 0.5) is 0 Å². The maximum absolute atomic E-state index is 5.77. The lowest BCUT2D eigenvalue weighted by atomic mass is 9.96. The van der Waals surface area contributed by atoms with Crippen molar-refractivity contribution in [3.63, 3.8) is 0 Å². The van der Waals surface area contributed by atoms with Crippen molar-refractivity contribution < 1.29 is 4.74 Å². The average Bonchev–Trinajstić information content (AvgIpc) is 2.70. The molecule has 2 nitrogen and oxygen atoms in total. The van der Waals surface area contributed by atoms with E-state index in [1.807, 2.05) is 0 Å². The average molecular weight is 341 g/mol. The monoisotopic (exact) mass is 341 g/mol. The molecule has 1 aliphatic rings. The Morgan fingerprint density at radius 3 is 2.73 bits per heavy atom. The minimum atomic E-state index is 0.765. The van der Waals surface area contributed by atoms with Gasteiger partial charge >= 0.3 is 0 Å². The highest BCUT2D eigenvalue weighted by atomic mass is 16.5. The molecule has 0 N–H and O–H groups in total. The van der Waals surface area contributed by atoms with Crippen molar-refractivity contribution in [2.45, 2.75) is 19.8 Å². The van der Waals surface area contributed by atoms with Gasteiger partial charge in [-0.1, -0.05) is 49.4 Å². The molecule has 2 heteroatoms. The molecule has 0 spiro atoms. The lowest BCUT2D eigenvalue weighted by Gasteiger charge is -2.16. The molecule has 1 aliphatic heterocycles.